The molecule has 5 nitrogen and oxygen atoms in total. The molecular formula is C13H12F2N2O3. The summed E-state index contributed by atoms with van der Waals surface area (Å²) in [6, 6.07) is 8.81. The monoisotopic (exact) mass is 282 g/mol. The molecule has 20 heavy (non-hydrogen) atoms. The van der Waals surface area contributed by atoms with Crippen molar-refractivity contribution in [1.29, 1.82) is 0 Å². The van der Waals surface area contributed by atoms with E-state index in [1.54, 1.807) is 24.3 Å². The number of hydrogen-bond donors (Lipinski definition) is 1. The van der Waals surface area contributed by atoms with E-state index in [2.05, 4.69) is 9.84 Å². The first-order valence-corrected chi connectivity index (χ1v) is 5.77. The summed E-state index contributed by atoms with van der Waals surface area (Å²) in [7, 11) is 0. The number of hydrogen-bond acceptors (Lipinski definition) is 3. The van der Waals surface area contributed by atoms with Gasteiger partial charge in [-0.05, 0) is 12.1 Å². The number of alkyl halides is 2. The number of carbonyl (C=O) groups is 1. The highest BCUT2D eigenvalue weighted by molar-refractivity contribution is 5.68. The largest absolute Gasteiger partial charge is 0.480 e. The molecule has 0 saturated carbocycles. The van der Waals surface area contributed by atoms with E-state index in [-0.39, 0.29) is 5.56 Å². The number of benzene rings is 1. The molecule has 0 aliphatic rings. The summed E-state index contributed by atoms with van der Waals surface area (Å²) in [4.78, 5) is 10.2. The highest BCUT2D eigenvalue weighted by Crippen LogP contribution is 2.28. The molecule has 0 atom stereocenters. The van der Waals surface area contributed by atoms with Crippen molar-refractivity contribution in [2.24, 2.45) is 0 Å². The van der Waals surface area contributed by atoms with E-state index in [9.17, 15) is 13.6 Å². The molecule has 2 rings (SSSR count). The molecule has 1 heterocycles. The SMILES string of the molecule is O=C(O)COCC(F)(F)c1cnn(-c2ccccc2)c1. The quantitative estimate of drug-likeness (QED) is 0.881. The fourth-order valence-corrected chi connectivity index (χ4v) is 1.58. The van der Waals surface area contributed by atoms with Gasteiger partial charge in [0.1, 0.15) is 13.2 Å². The third kappa shape index (κ3) is 3.39. The average Bonchev–Trinajstić information content (AvgIpc) is 2.89. The standard InChI is InChI=1S/C13H12F2N2O3/c14-13(15,9-20-8-12(18)19)10-6-16-17(7-10)11-4-2-1-3-5-11/h1-7H,8-9H2,(H,18,19). The maximum atomic E-state index is 13.8. The Kier molecular flexibility index (Phi) is 4.09. The lowest BCUT2D eigenvalue weighted by Crippen LogP contribution is -2.22. The Labute approximate surface area is 113 Å². The normalized spacial score (nSPS) is 11.5. The van der Waals surface area contributed by atoms with Crippen LogP contribution in [0.25, 0.3) is 5.69 Å². The minimum Gasteiger partial charge on any atom is -0.480 e. The highest BCUT2D eigenvalue weighted by Gasteiger charge is 2.34. The van der Waals surface area contributed by atoms with Gasteiger partial charge in [-0.2, -0.15) is 13.9 Å². The van der Waals surface area contributed by atoms with Gasteiger partial charge in [-0.1, -0.05) is 18.2 Å². The molecule has 0 radical (unpaired) electrons. The number of para-hydroxylation sites is 1. The predicted molar refractivity (Wildman–Crippen MR) is 65.9 cm³/mol. The number of aromatic nitrogens is 2. The van der Waals surface area contributed by atoms with Crippen LogP contribution in [0.1, 0.15) is 5.56 Å². The first-order valence-electron chi connectivity index (χ1n) is 5.77. The van der Waals surface area contributed by atoms with Crippen LogP contribution in [0.3, 0.4) is 0 Å². The number of ether oxygens (including phenoxy) is 1. The molecule has 0 saturated heterocycles. The lowest BCUT2D eigenvalue weighted by molar-refractivity contribution is -0.147. The summed E-state index contributed by atoms with van der Waals surface area (Å²) in [5.41, 5.74) is 0.327. The second-order valence-electron chi connectivity index (χ2n) is 4.10. The van der Waals surface area contributed by atoms with E-state index in [0.717, 1.165) is 6.20 Å². The van der Waals surface area contributed by atoms with Crippen molar-refractivity contribution >= 4 is 5.97 Å². The Balaban J connectivity index is 2.09. The molecule has 0 aliphatic carbocycles. The van der Waals surface area contributed by atoms with Crippen molar-refractivity contribution in [2.45, 2.75) is 5.92 Å². The molecule has 0 fully saturated rings. The molecule has 0 unspecified atom stereocenters. The molecule has 0 amide bonds. The molecule has 2 aromatic rings. The molecule has 0 bridgehead atoms. The second-order valence-corrected chi connectivity index (χ2v) is 4.10. The van der Waals surface area contributed by atoms with Gasteiger partial charge in [0.05, 0.1) is 17.4 Å². The smallest absolute Gasteiger partial charge is 0.329 e. The first kappa shape index (κ1) is 14.1. The van der Waals surface area contributed by atoms with Crippen LogP contribution >= 0.6 is 0 Å². The zero-order valence-corrected chi connectivity index (χ0v) is 10.4. The fourth-order valence-electron chi connectivity index (χ4n) is 1.58. The van der Waals surface area contributed by atoms with Crippen molar-refractivity contribution in [1.82, 2.24) is 9.78 Å². The third-order valence-electron chi connectivity index (χ3n) is 2.53. The summed E-state index contributed by atoms with van der Waals surface area (Å²) in [6.07, 6.45) is 2.23. The minimum absolute atomic E-state index is 0.327. The van der Waals surface area contributed by atoms with Gasteiger partial charge in [0, 0.05) is 6.20 Å². The van der Waals surface area contributed by atoms with Crippen molar-refractivity contribution in [3.63, 3.8) is 0 Å². The van der Waals surface area contributed by atoms with E-state index in [1.165, 1.54) is 10.9 Å². The lowest BCUT2D eigenvalue weighted by atomic mass is 10.2. The Morgan fingerprint density at radius 1 is 1.35 bits per heavy atom. The van der Waals surface area contributed by atoms with Gasteiger partial charge >= 0.3 is 5.97 Å². The van der Waals surface area contributed by atoms with Crippen LogP contribution in [0.15, 0.2) is 42.7 Å². The van der Waals surface area contributed by atoms with Crippen LogP contribution in [0, 0.1) is 0 Å². The molecule has 1 aromatic heterocycles. The summed E-state index contributed by atoms with van der Waals surface area (Å²) in [5.74, 6) is -4.58. The van der Waals surface area contributed by atoms with Crippen LogP contribution < -0.4 is 0 Å². The number of nitrogens with zero attached hydrogens (tertiary/aromatic N) is 2. The Bertz CT molecular complexity index is 584. The first-order chi connectivity index (χ1) is 9.49. The zero-order valence-electron chi connectivity index (χ0n) is 10.4. The molecular weight excluding hydrogens is 270 g/mol. The van der Waals surface area contributed by atoms with Crippen LogP contribution in [0.4, 0.5) is 8.78 Å². The number of aliphatic carboxylic acids is 1. The second kappa shape index (κ2) is 5.79. The van der Waals surface area contributed by atoms with Crippen molar-refractivity contribution in [3.05, 3.63) is 48.3 Å². The van der Waals surface area contributed by atoms with Crippen LogP contribution in [0.5, 0.6) is 0 Å². The average molecular weight is 282 g/mol. The molecule has 106 valence electrons. The minimum atomic E-state index is -3.29. The van der Waals surface area contributed by atoms with Gasteiger partial charge in [-0.3, -0.25) is 0 Å². The van der Waals surface area contributed by atoms with Crippen molar-refractivity contribution in [2.75, 3.05) is 13.2 Å². The van der Waals surface area contributed by atoms with E-state index in [0.29, 0.717) is 5.69 Å². The number of carboxylic acid groups (broad SMARTS) is 1. The zero-order chi connectivity index (χ0) is 14.6. The Hall–Kier alpha value is -2.28. The summed E-state index contributed by atoms with van der Waals surface area (Å²) in [6.45, 7) is -1.76. The number of rotatable bonds is 6. The van der Waals surface area contributed by atoms with Crippen LogP contribution in [-0.4, -0.2) is 34.1 Å². The van der Waals surface area contributed by atoms with Crippen LogP contribution in [0.2, 0.25) is 0 Å². The molecule has 0 aliphatic heterocycles. The van der Waals surface area contributed by atoms with Gasteiger partial charge in [0.15, 0.2) is 0 Å². The Morgan fingerprint density at radius 3 is 2.70 bits per heavy atom. The van der Waals surface area contributed by atoms with Gasteiger partial charge in [0.2, 0.25) is 0 Å². The van der Waals surface area contributed by atoms with Gasteiger partial charge in [0.25, 0.3) is 5.92 Å². The maximum absolute atomic E-state index is 13.8. The van der Waals surface area contributed by atoms with Gasteiger partial charge in [-0.15, -0.1) is 0 Å². The number of halogens is 2. The van der Waals surface area contributed by atoms with Crippen molar-refractivity contribution in [3.8, 4) is 5.69 Å². The Morgan fingerprint density at radius 2 is 2.05 bits per heavy atom. The van der Waals surface area contributed by atoms with Gasteiger partial charge in [-0.25, -0.2) is 9.48 Å². The van der Waals surface area contributed by atoms with Crippen molar-refractivity contribution < 1.29 is 23.4 Å². The maximum Gasteiger partial charge on any atom is 0.329 e. The fraction of sp³-hybridized carbons (Fsp3) is 0.231. The summed E-state index contributed by atoms with van der Waals surface area (Å²) < 4.78 is 33.3. The molecule has 0 spiro atoms. The topological polar surface area (TPSA) is 64.3 Å². The molecule has 1 aromatic carbocycles. The van der Waals surface area contributed by atoms with E-state index >= 15 is 0 Å². The van der Waals surface area contributed by atoms with E-state index in [1.807, 2.05) is 6.07 Å². The van der Waals surface area contributed by atoms with E-state index < -0.39 is 25.1 Å². The lowest BCUT2D eigenvalue weighted by Gasteiger charge is -2.13. The third-order valence-corrected chi connectivity index (χ3v) is 2.53. The highest BCUT2D eigenvalue weighted by atomic mass is 19.3. The summed E-state index contributed by atoms with van der Waals surface area (Å²) >= 11 is 0. The predicted octanol–water partition coefficient (Wildman–Crippen LogP) is 2.07. The van der Waals surface area contributed by atoms with Crippen LogP contribution in [-0.2, 0) is 15.5 Å². The van der Waals surface area contributed by atoms with E-state index in [4.69, 9.17) is 5.11 Å². The number of carboxylic acids is 1. The summed E-state index contributed by atoms with van der Waals surface area (Å²) in [5, 5.41) is 12.2. The molecule has 7 heteroatoms. The molecule has 1 N–H and O–H groups in total. The van der Waals surface area contributed by atoms with Gasteiger partial charge < -0.3 is 9.84 Å².